The highest BCUT2D eigenvalue weighted by Crippen LogP contribution is 2.46. The molecule has 1 aliphatic carbocycles. The molecular formula is C14H24N4. The summed E-state index contributed by atoms with van der Waals surface area (Å²) in [6, 6.07) is 0.546. The molecule has 2 rings (SSSR count). The predicted molar refractivity (Wildman–Crippen MR) is 76.1 cm³/mol. The van der Waals surface area contributed by atoms with Gasteiger partial charge in [0.1, 0.15) is 17.5 Å². The standard InChI is InChI=1S/C14H24N4/c1-6-7-15-12-9(2)13(17-10(3)16-12)18-11-8-14(11,4)5/h11H,6-8H2,1-5H3,(H2,15,16,17,18). The predicted octanol–water partition coefficient (Wildman–Crippen LogP) is 3.13. The van der Waals surface area contributed by atoms with Crippen LogP contribution in [0, 0.1) is 19.3 Å². The minimum Gasteiger partial charge on any atom is -0.370 e. The van der Waals surface area contributed by atoms with Crippen molar-refractivity contribution >= 4 is 11.6 Å². The summed E-state index contributed by atoms with van der Waals surface area (Å²) in [5.41, 5.74) is 1.53. The van der Waals surface area contributed by atoms with Crippen LogP contribution < -0.4 is 10.6 Å². The molecule has 0 saturated heterocycles. The topological polar surface area (TPSA) is 49.8 Å². The third-order valence-corrected chi connectivity index (χ3v) is 3.62. The van der Waals surface area contributed by atoms with Crippen LogP contribution >= 0.6 is 0 Å². The van der Waals surface area contributed by atoms with Crippen LogP contribution in [0.25, 0.3) is 0 Å². The molecule has 1 atom stereocenters. The van der Waals surface area contributed by atoms with E-state index in [1.54, 1.807) is 0 Å². The number of rotatable bonds is 5. The first-order valence-corrected chi connectivity index (χ1v) is 6.79. The molecule has 0 amide bonds. The third-order valence-electron chi connectivity index (χ3n) is 3.62. The van der Waals surface area contributed by atoms with E-state index >= 15 is 0 Å². The van der Waals surface area contributed by atoms with Gasteiger partial charge in [-0.05, 0) is 32.1 Å². The van der Waals surface area contributed by atoms with Gasteiger partial charge in [-0.3, -0.25) is 0 Å². The Labute approximate surface area is 110 Å². The minimum atomic E-state index is 0.405. The highest BCUT2D eigenvalue weighted by molar-refractivity contribution is 5.58. The zero-order valence-electron chi connectivity index (χ0n) is 12.1. The Morgan fingerprint density at radius 2 is 1.83 bits per heavy atom. The zero-order valence-corrected chi connectivity index (χ0v) is 12.1. The molecule has 4 heteroatoms. The molecule has 0 spiro atoms. The molecule has 0 bridgehead atoms. The Balaban J connectivity index is 2.16. The van der Waals surface area contributed by atoms with Crippen LogP contribution in [0.15, 0.2) is 0 Å². The van der Waals surface area contributed by atoms with E-state index in [4.69, 9.17) is 0 Å². The normalized spacial score (nSPS) is 20.6. The van der Waals surface area contributed by atoms with E-state index in [1.165, 1.54) is 6.42 Å². The average molecular weight is 248 g/mol. The van der Waals surface area contributed by atoms with Gasteiger partial charge in [0.25, 0.3) is 0 Å². The highest BCUT2D eigenvalue weighted by Gasteiger charge is 2.46. The minimum absolute atomic E-state index is 0.405. The number of anilines is 2. The Kier molecular flexibility index (Phi) is 3.46. The number of aryl methyl sites for hydroxylation is 1. The molecule has 0 aromatic carbocycles. The van der Waals surface area contributed by atoms with Gasteiger partial charge in [0.05, 0.1) is 0 Å². The zero-order chi connectivity index (χ0) is 13.3. The van der Waals surface area contributed by atoms with Crippen LogP contribution in [-0.4, -0.2) is 22.6 Å². The summed E-state index contributed by atoms with van der Waals surface area (Å²) in [7, 11) is 0. The lowest BCUT2D eigenvalue weighted by atomic mass is 10.2. The molecule has 1 saturated carbocycles. The fourth-order valence-electron chi connectivity index (χ4n) is 2.06. The van der Waals surface area contributed by atoms with Crippen LogP contribution in [0.4, 0.5) is 11.6 Å². The highest BCUT2D eigenvalue weighted by atomic mass is 15.1. The van der Waals surface area contributed by atoms with E-state index in [1.807, 2.05) is 6.92 Å². The summed E-state index contributed by atoms with van der Waals surface area (Å²) in [5, 5.41) is 6.91. The smallest absolute Gasteiger partial charge is 0.134 e. The van der Waals surface area contributed by atoms with Gasteiger partial charge >= 0.3 is 0 Å². The largest absolute Gasteiger partial charge is 0.370 e. The summed E-state index contributed by atoms with van der Waals surface area (Å²) >= 11 is 0. The van der Waals surface area contributed by atoms with E-state index in [9.17, 15) is 0 Å². The number of hydrogen-bond donors (Lipinski definition) is 2. The van der Waals surface area contributed by atoms with Crippen LogP contribution in [0.3, 0.4) is 0 Å². The van der Waals surface area contributed by atoms with Crippen molar-refractivity contribution in [1.29, 1.82) is 0 Å². The van der Waals surface area contributed by atoms with Gasteiger partial charge in [0, 0.05) is 18.2 Å². The van der Waals surface area contributed by atoms with Crippen molar-refractivity contribution in [3.05, 3.63) is 11.4 Å². The van der Waals surface area contributed by atoms with E-state index in [2.05, 4.69) is 48.3 Å². The van der Waals surface area contributed by atoms with Crippen LogP contribution in [0.5, 0.6) is 0 Å². The second-order valence-electron chi connectivity index (χ2n) is 5.91. The summed E-state index contributed by atoms with van der Waals surface area (Å²) < 4.78 is 0. The molecule has 1 heterocycles. The number of nitrogens with zero attached hydrogens (tertiary/aromatic N) is 2. The maximum absolute atomic E-state index is 4.52. The molecule has 0 aliphatic heterocycles. The third kappa shape index (κ3) is 2.74. The maximum atomic E-state index is 4.52. The van der Waals surface area contributed by atoms with Gasteiger partial charge in [-0.1, -0.05) is 20.8 Å². The summed E-state index contributed by atoms with van der Waals surface area (Å²) in [6.07, 6.45) is 2.31. The lowest BCUT2D eigenvalue weighted by molar-refractivity contribution is 0.629. The molecule has 4 nitrogen and oxygen atoms in total. The second kappa shape index (κ2) is 4.75. The number of hydrogen-bond acceptors (Lipinski definition) is 4. The monoisotopic (exact) mass is 248 g/mol. The lowest BCUT2D eigenvalue weighted by Crippen LogP contribution is -2.14. The summed E-state index contributed by atoms with van der Waals surface area (Å²) in [5.74, 6) is 2.77. The first-order valence-electron chi connectivity index (χ1n) is 6.79. The molecule has 1 fully saturated rings. The first-order chi connectivity index (χ1) is 8.44. The Bertz CT molecular complexity index is 440. The van der Waals surface area contributed by atoms with Gasteiger partial charge in [0.15, 0.2) is 0 Å². The van der Waals surface area contributed by atoms with Crippen molar-refractivity contribution in [2.75, 3.05) is 17.2 Å². The fraction of sp³-hybridized carbons (Fsp3) is 0.714. The molecule has 1 aromatic heterocycles. The SMILES string of the molecule is CCCNc1nc(C)nc(NC2CC2(C)C)c1C. The van der Waals surface area contributed by atoms with Gasteiger partial charge in [-0.2, -0.15) is 0 Å². The summed E-state index contributed by atoms with van der Waals surface area (Å²) in [6.45, 7) is 11.7. The van der Waals surface area contributed by atoms with Crippen molar-refractivity contribution < 1.29 is 0 Å². The number of nitrogens with one attached hydrogen (secondary N) is 2. The van der Waals surface area contributed by atoms with Crippen molar-refractivity contribution in [2.24, 2.45) is 5.41 Å². The van der Waals surface area contributed by atoms with E-state index in [-0.39, 0.29) is 0 Å². The van der Waals surface area contributed by atoms with Crippen molar-refractivity contribution in [3.63, 3.8) is 0 Å². The quantitative estimate of drug-likeness (QED) is 0.840. The molecule has 1 unspecified atom stereocenters. The second-order valence-corrected chi connectivity index (χ2v) is 5.91. The van der Waals surface area contributed by atoms with Crippen LogP contribution in [0.2, 0.25) is 0 Å². The molecular weight excluding hydrogens is 224 g/mol. The van der Waals surface area contributed by atoms with Crippen LogP contribution in [0.1, 0.15) is 45.0 Å². The average Bonchev–Trinajstić information content (AvgIpc) is 2.88. The van der Waals surface area contributed by atoms with Gasteiger partial charge < -0.3 is 10.6 Å². The Morgan fingerprint density at radius 3 is 2.39 bits per heavy atom. The molecule has 1 aromatic rings. The Morgan fingerprint density at radius 1 is 1.22 bits per heavy atom. The molecule has 18 heavy (non-hydrogen) atoms. The first kappa shape index (κ1) is 13.1. The van der Waals surface area contributed by atoms with Crippen molar-refractivity contribution in [1.82, 2.24) is 9.97 Å². The van der Waals surface area contributed by atoms with E-state index in [0.29, 0.717) is 11.5 Å². The van der Waals surface area contributed by atoms with E-state index < -0.39 is 0 Å². The number of aromatic nitrogens is 2. The van der Waals surface area contributed by atoms with E-state index in [0.717, 1.165) is 36.0 Å². The molecule has 2 N–H and O–H groups in total. The summed E-state index contributed by atoms with van der Waals surface area (Å²) in [4.78, 5) is 9.00. The molecule has 100 valence electrons. The van der Waals surface area contributed by atoms with Gasteiger partial charge in [0.2, 0.25) is 0 Å². The fourth-order valence-corrected chi connectivity index (χ4v) is 2.06. The van der Waals surface area contributed by atoms with Crippen molar-refractivity contribution in [2.45, 2.75) is 53.5 Å². The van der Waals surface area contributed by atoms with Gasteiger partial charge in [-0.15, -0.1) is 0 Å². The van der Waals surface area contributed by atoms with Crippen LogP contribution in [-0.2, 0) is 0 Å². The maximum Gasteiger partial charge on any atom is 0.134 e. The van der Waals surface area contributed by atoms with Crippen molar-refractivity contribution in [3.8, 4) is 0 Å². The molecule has 0 radical (unpaired) electrons. The lowest BCUT2D eigenvalue weighted by Gasteiger charge is -2.14. The van der Waals surface area contributed by atoms with Gasteiger partial charge in [-0.25, -0.2) is 9.97 Å². The Hall–Kier alpha value is -1.32. The molecule has 1 aliphatic rings.